The summed E-state index contributed by atoms with van der Waals surface area (Å²) >= 11 is 2.36. The Balaban J connectivity index is 2.22. The molecule has 1 aromatic rings. The highest BCUT2D eigenvalue weighted by Gasteiger charge is 2.23. The van der Waals surface area contributed by atoms with Crippen LogP contribution in [0.1, 0.15) is 18.0 Å². The van der Waals surface area contributed by atoms with Crippen LogP contribution in [0.15, 0.2) is 24.3 Å². The first-order valence-electron chi connectivity index (χ1n) is 5.89. The molecule has 3 nitrogen and oxygen atoms in total. The average molecular weight is 341 g/mol. The van der Waals surface area contributed by atoms with Crippen molar-refractivity contribution in [1.29, 1.82) is 5.26 Å². The van der Waals surface area contributed by atoms with Gasteiger partial charge in [0.2, 0.25) is 0 Å². The van der Waals surface area contributed by atoms with Crippen molar-refractivity contribution in [2.75, 3.05) is 26.2 Å². The fourth-order valence-corrected chi connectivity index (χ4v) is 3.01. The first-order chi connectivity index (χ1) is 8.33. The van der Waals surface area contributed by atoms with Crippen molar-refractivity contribution < 1.29 is 0 Å². The first kappa shape index (κ1) is 12.8. The maximum Gasteiger partial charge on any atom is 0.0641 e. The predicted octanol–water partition coefficient (Wildman–Crippen LogP) is 2.15. The quantitative estimate of drug-likeness (QED) is 0.857. The molecule has 1 aromatic carbocycles. The van der Waals surface area contributed by atoms with Crippen LogP contribution >= 0.6 is 22.6 Å². The Bertz CT molecular complexity index is 407. The normalized spacial score (nSPS) is 18.6. The van der Waals surface area contributed by atoms with Gasteiger partial charge in [-0.1, -0.05) is 18.2 Å². The minimum Gasteiger partial charge on any atom is -0.314 e. The Morgan fingerprint density at radius 1 is 1.35 bits per heavy atom. The molecule has 90 valence electrons. The molecular formula is C13H16IN3. The number of piperazine rings is 1. The lowest BCUT2D eigenvalue weighted by Crippen LogP contribution is -2.45. The minimum absolute atomic E-state index is 0.246. The molecular weight excluding hydrogens is 325 g/mol. The van der Waals surface area contributed by atoms with Gasteiger partial charge in [0.15, 0.2) is 0 Å². The van der Waals surface area contributed by atoms with Gasteiger partial charge in [-0.05, 0) is 34.2 Å². The Hall–Kier alpha value is -0.640. The van der Waals surface area contributed by atoms with Gasteiger partial charge in [-0.2, -0.15) is 5.26 Å². The zero-order valence-electron chi connectivity index (χ0n) is 9.69. The number of nitriles is 1. The third kappa shape index (κ3) is 3.18. The second-order valence-electron chi connectivity index (χ2n) is 4.19. The second kappa shape index (κ2) is 6.34. The standard InChI is InChI=1S/C13H16IN3/c14-12-4-2-1-3-11(12)13(5-6-15)17-9-7-16-8-10-17/h1-4,13,16H,5,7-10H2/t13-/m1/s1. The number of rotatable bonds is 3. The summed E-state index contributed by atoms with van der Waals surface area (Å²) in [7, 11) is 0. The highest BCUT2D eigenvalue weighted by Crippen LogP contribution is 2.28. The van der Waals surface area contributed by atoms with Gasteiger partial charge in [-0.15, -0.1) is 0 Å². The summed E-state index contributed by atoms with van der Waals surface area (Å²) in [5, 5.41) is 12.4. The summed E-state index contributed by atoms with van der Waals surface area (Å²) in [4.78, 5) is 2.41. The van der Waals surface area contributed by atoms with Crippen molar-refractivity contribution in [2.24, 2.45) is 0 Å². The fourth-order valence-electron chi connectivity index (χ4n) is 2.26. The highest BCUT2D eigenvalue weighted by atomic mass is 127. The zero-order chi connectivity index (χ0) is 12.1. The van der Waals surface area contributed by atoms with Crippen LogP contribution in [0.5, 0.6) is 0 Å². The maximum absolute atomic E-state index is 9.02. The summed E-state index contributed by atoms with van der Waals surface area (Å²) in [6.45, 7) is 4.09. The third-order valence-electron chi connectivity index (χ3n) is 3.14. The molecule has 1 aliphatic rings. The van der Waals surface area contributed by atoms with E-state index >= 15 is 0 Å². The van der Waals surface area contributed by atoms with E-state index in [4.69, 9.17) is 5.26 Å². The number of hydrogen-bond acceptors (Lipinski definition) is 3. The van der Waals surface area contributed by atoms with Crippen molar-refractivity contribution in [3.8, 4) is 6.07 Å². The van der Waals surface area contributed by atoms with E-state index in [-0.39, 0.29) is 6.04 Å². The van der Waals surface area contributed by atoms with E-state index in [1.165, 1.54) is 9.13 Å². The van der Waals surface area contributed by atoms with Crippen molar-refractivity contribution in [1.82, 2.24) is 10.2 Å². The van der Waals surface area contributed by atoms with Crippen LogP contribution < -0.4 is 5.32 Å². The zero-order valence-corrected chi connectivity index (χ0v) is 11.9. The largest absolute Gasteiger partial charge is 0.314 e. The number of hydrogen-bond donors (Lipinski definition) is 1. The number of halogens is 1. The van der Waals surface area contributed by atoms with Crippen molar-refractivity contribution in [3.63, 3.8) is 0 Å². The van der Waals surface area contributed by atoms with Crippen LogP contribution in [-0.4, -0.2) is 31.1 Å². The molecule has 1 N–H and O–H groups in total. The monoisotopic (exact) mass is 341 g/mol. The van der Waals surface area contributed by atoms with E-state index in [9.17, 15) is 0 Å². The van der Waals surface area contributed by atoms with E-state index in [2.05, 4.69) is 57.1 Å². The van der Waals surface area contributed by atoms with Crippen LogP contribution in [0.2, 0.25) is 0 Å². The Kier molecular flexibility index (Phi) is 4.77. The van der Waals surface area contributed by atoms with Gasteiger partial charge in [0, 0.05) is 35.8 Å². The van der Waals surface area contributed by atoms with Crippen LogP contribution in [0.4, 0.5) is 0 Å². The molecule has 1 atom stereocenters. The molecule has 0 spiro atoms. The molecule has 0 aromatic heterocycles. The molecule has 0 radical (unpaired) electrons. The summed E-state index contributed by atoms with van der Waals surface area (Å²) in [5.41, 5.74) is 1.29. The Morgan fingerprint density at radius 3 is 2.71 bits per heavy atom. The van der Waals surface area contributed by atoms with Crippen molar-refractivity contribution in [3.05, 3.63) is 33.4 Å². The minimum atomic E-state index is 0.246. The molecule has 2 rings (SSSR count). The van der Waals surface area contributed by atoms with Gasteiger partial charge in [0.05, 0.1) is 12.5 Å². The van der Waals surface area contributed by atoms with Crippen molar-refractivity contribution in [2.45, 2.75) is 12.5 Å². The van der Waals surface area contributed by atoms with E-state index in [0.29, 0.717) is 6.42 Å². The molecule has 17 heavy (non-hydrogen) atoms. The molecule has 1 heterocycles. The predicted molar refractivity (Wildman–Crippen MR) is 76.6 cm³/mol. The van der Waals surface area contributed by atoms with E-state index in [1.54, 1.807) is 0 Å². The Labute approximate surface area is 116 Å². The van der Waals surface area contributed by atoms with Gasteiger partial charge in [-0.3, -0.25) is 4.90 Å². The smallest absolute Gasteiger partial charge is 0.0641 e. The average Bonchev–Trinajstić information content (AvgIpc) is 2.38. The van der Waals surface area contributed by atoms with Gasteiger partial charge in [-0.25, -0.2) is 0 Å². The van der Waals surface area contributed by atoms with Crippen LogP contribution in [0.25, 0.3) is 0 Å². The molecule has 0 saturated carbocycles. The SMILES string of the molecule is N#CC[C@H](c1ccccc1I)N1CCNCC1. The Morgan fingerprint density at radius 2 is 2.06 bits per heavy atom. The van der Waals surface area contributed by atoms with E-state index < -0.39 is 0 Å². The summed E-state index contributed by atoms with van der Waals surface area (Å²) in [5.74, 6) is 0. The highest BCUT2D eigenvalue weighted by molar-refractivity contribution is 14.1. The number of nitrogens with zero attached hydrogens (tertiary/aromatic N) is 2. The molecule has 0 bridgehead atoms. The summed E-state index contributed by atoms with van der Waals surface area (Å²) in [6.07, 6.45) is 0.569. The molecule has 1 aliphatic heterocycles. The van der Waals surface area contributed by atoms with E-state index in [0.717, 1.165) is 26.2 Å². The van der Waals surface area contributed by atoms with Crippen LogP contribution in [0, 0.1) is 14.9 Å². The summed E-state index contributed by atoms with van der Waals surface area (Å²) < 4.78 is 1.25. The molecule has 0 unspecified atom stereocenters. The third-order valence-corrected chi connectivity index (χ3v) is 4.12. The fraction of sp³-hybridized carbons (Fsp3) is 0.462. The molecule has 0 aliphatic carbocycles. The van der Waals surface area contributed by atoms with Crippen LogP contribution in [-0.2, 0) is 0 Å². The maximum atomic E-state index is 9.02. The lowest BCUT2D eigenvalue weighted by molar-refractivity contribution is 0.175. The van der Waals surface area contributed by atoms with Crippen LogP contribution in [0.3, 0.4) is 0 Å². The molecule has 1 fully saturated rings. The van der Waals surface area contributed by atoms with Crippen molar-refractivity contribution >= 4 is 22.6 Å². The lowest BCUT2D eigenvalue weighted by atomic mass is 10.0. The number of nitrogens with one attached hydrogen (secondary N) is 1. The molecule has 1 saturated heterocycles. The molecule has 4 heteroatoms. The van der Waals surface area contributed by atoms with Gasteiger partial charge in [0.1, 0.15) is 0 Å². The van der Waals surface area contributed by atoms with Gasteiger partial charge >= 0.3 is 0 Å². The first-order valence-corrected chi connectivity index (χ1v) is 6.97. The molecule has 0 amide bonds. The number of benzene rings is 1. The second-order valence-corrected chi connectivity index (χ2v) is 5.35. The topological polar surface area (TPSA) is 39.1 Å². The van der Waals surface area contributed by atoms with Gasteiger partial charge < -0.3 is 5.32 Å². The summed E-state index contributed by atoms with van der Waals surface area (Å²) in [6, 6.07) is 10.9. The van der Waals surface area contributed by atoms with Gasteiger partial charge in [0.25, 0.3) is 0 Å². The lowest BCUT2D eigenvalue weighted by Gasteiger charge is -2.34. The van der Waals surface area contributed by atoms with E-state index in [1.807, 2.05) is 6.07 Å².